The molecule has 2 fully saturated rings. The second-order valence-electron chi connectivity index (χ2n) is 8.09. The fraction of sp³-hybridized carbons (Fsp3) is 0.348. The van der Waals surface area contributed by atoms with Crippen LogP contribution in [-0.2, 0) is 19.9 Å². The number of nitrogens with zero attached hydrogens (tertiary/aromatic N) is 2. The van der Waals surface area contributed by atoms with Crippen LogP contribution in [0.1, 0.15) is 12.5 Å². The van der Waals surface area contributed by atoms with Crippen LogP contribution in [-0.4, -0.2) is 42.7 Å². The molecule has 1 N–H and O–H groups in total. The van der Waals surface area contributed by atoms with Crippen molar-refractivity contribution < 1.29 is 19.1 Å². The van der Waals surface area contributed by atoms with Crippen LogP contribution in [0.15, 0.2) is 48.5 Å². The summed E-state index contributed by atoms with van der Waals surface area (Å²) in [6.07, 6.45) is 0. The smallest absolute Gasteiger partial charge is 0.252 e. The maximum absolute atomic E-state index is 13.8. The maximum Gasteiger partial charge on any atom is 0.252 e. The van der Waals surface area contributed by atoms with Crippen LogP contribution in [0.5, 0.6) is 5.75 Å². The van der Waals surface area contributed by atoms with E-state index in [2.05, 4.69) is 21.2 Å². The Bertz CT molecular complexity index is 1110. The van der Waals surface area contributed by atoms with Crippen molar-refractivity contribution in [3.63, 3.8) is 0 Å². The zero-order valence-electron chi connectivity index (χ0n) is 17.2. The highest BCUT2D eigenvalue weighted by Crippen LogP contribution is 2.55. The molecule has 1 spiro atoms. The third-order valence-corrected chi connectivity index (χ3v) is 7.00. The summed E-state index contributed by atoms with van der Waals surface area (Å²) in [4.78, 5) is 44.1. The molecule has 4 atom stereocenters. The number of halogens is 1. The van der Waals surface area contributed by atoms with Gasteiger partial charge in [-0.05, 0) is 25.1 Å². The molecule has 5 rings (SSSR count). The van der Waals surface area contributed by atoms with E-state index >= 15 is 0 Å². The number of carbonyl (C=O) groups is 3. The minimum Gasteiger partial charge on any atom is -0.495 e. The van der Waals surface area contributed by atoms with Gasteiger partial charge in [-0.15, -0.1) is 0 Å². The Hall–Kier alpha value is -2.71. The van der Waals surface area contributed by atoms with E-state index < -0.39 is 17.4 Å². The molecule has 8 heteroatoms. The van der Waals surface area contributed by atoms with Gasteiger partial charge in [-0.25, -0.2) is 4.90 Å². The standard InChI is InChI=1S/C23H22BrN3O4/c1-13-18-19(21(29)27(20(18)28)16-9-5-6-10-17(16)31-2)23(25-13)14-7-3-4-8-15(14)26(12-11-24)22(23)30/h3-10,13,18-19,25H,11-12H2,1-2H3/t13-,18+,19+,23+/m0/s1. The van der Waals surface area contributed by atoms with Gasteiger partial charge in [0.05, 0.1) is 24.6 Å². The SMILES string of the molecule is COc1ccccc1N1C(=O)[C@@H]2[C@H](C)N[C@@]3(C(=O)N(CCBr)c4ccccc43)[C@H]2C1=O. The molecule has 0 radical (unpaired) electrons. The first kappa shape index (κ1) is 20.2. The zero-order chi connectivity index (χ0) is 21.9. The lowest BCUT2D eigenvalue weighted by atomic mass is 9.76. The quantitative estimate of drug-likeness (QED) is 0.533. The first-order valence-electron chi connectivity index (χ1n) is 10.2. The van der Waals surface area contributed by atoms with Crippen LogP contribution < -0.4 is 19.9 Å². The molecule has 7 nitrogen and oxygen atoms in total. The highest BCUT2D eigenvalue weighted by molar-refractivity contribution is 9.09. The molecule has 3 amide bonds. The van der Waals surface area contributed by atoms with Crippen molar-refractivity contribution in [2.45, 2.75) is 18.5 Å². The predicted octanol–water partition coefficient (Wildman–Crippen LogP) is 2.43. The van der Waals surface area contributed by atoms with Crippen LogP contribution in [0.2, 0.25) is 0 Å². The van der Waals surface area contributed by atoms with Crippen molar-refractivity contribution >= 4 is 45.0 Å². The van der Waals surface area contributed by atoms with E-state index in [0.717, 1.165) is 11.3 Å². The van der Waals surface area contributed by atoms with E-state index in [4.69, 9.17) is 4.74 Å². The summed E-state index contributed by atoms with van der Waals surface area (Å²) >= 11 is 3.42. The number of amides is 3. The maximum atomic E-state index is 13.8. The molecule has 0 aromatic heterocycles. The molecular formula is C23H22BrN3O4. The molecule has 3 heterocycles. The third-order valence-electron chi connectivity index (χ3n) is 6.65. The van der Waals surface area contributed by atoms with E-state index in [0.29, 0.717) is 23.3 Å². The number of hydrogen-bond donors (Lipinski definition) is 1. The Kier molecular flexibility index (Phi) is 4.67. The number of imide groups is 1. The Morgan fingerprint density at radius 3 is 2.42 bits per heavy atom. The Balaban J connectivity index is 1.67. The molecule has 0 bridgehead atoms. The molecule has 3 aliphatic rings. The predicted molar refractivity (Wildman–Crippen MR) is 119 cm³/mol. The van der Waals surface area contributed by atoms with Gasteiger partial charge >= 0.3 is 0 Å². The summed E-state index contributed by atoms with van der Waals surface area (Å²) in [5.74, 6) is -1.89. The summed E-state index contributed by atoms with van der Waals surface area (Å²) < 4.78 is 5.40. The summed E-state index contributed by atoms with van der Waals surface area (Å²) in [6, 6.07) is 14.1. The molecule has 0 saturated carbocycles. The second kappa shape index (κ2) is 7.17. The minimum atomic E-state index is -1.26. The fourth-order valence-corrected chi connectivity index (χ4v) is 5.82. The Morgan fingerprint density at radius 1 is 1.03 bits per heavy atom. The summed E-state index contributed by atoms with van der Waals surface area (Å²) in [5.41, 5.74) is 0.686. The van der Waals surface area contributed by atoms with E-state index in [1.54, 1.807) is 29.2 Å². The lowest BCUT2D eigenvalue weighted by Crippen LogP contribution is -2.55. The largest absolute Gasteiger partial charge is 0.495 e. The minimum absolute atomic E-state index is 0.185. The van der Waals surface area contributed by atoms with Gasteiger partial charge in [0, 0.05) is 29.2 Å². The van der Waals surface area contributed by atoms with Crippen LogP contribution >= 0.6 is 15.9 Å². The monoisotopic (exact) mass is 483 g/mol. The molecule has 2 saturated heterocycles. The first-order valence-corrected chi connectivity index (χ1v) is 11.4. The van der Waals surface area contributed by atoms with E-state index in [-0.39, 0.29) is 23.8 Å². The van der Waals surface area contributed by atoms with Gasteiger partial charge in [0.25, 0.3) is 5.91 Å². The van der Waals surface area contributed by atoms with Crippen molar-refractivity contribution in [3.05, 3.63) is 54.1 Å². The summed E-state index contributed by atoms with van der Waals surface area (Å²) in [5, 5.41) is 3.99. The lowest BCUT2D eigenvalue weighted by molar-refractivity contribution is -0.132. The average Bonchev–Trinajstić information content (AvgIpc) is 3.32. The van der Waals surface area contributed by atoms with Crippen molar-refractivity contribution in [1.82, 2.24) is 5.32 Å². The average molecular weight is 484 g/mol. The van der Waals surface area contributed by atoms with Crippen LogP contribution in [0.3, 0.4) is 0 Å². The van der Waals surface area contributed by atoms with Crippen LogP contribution in [0.4, 0.5) is 11.4 Å². The van der Waals surface area contributed by atoms with Crippen molar-refractivity contribution in [1.29, 1.82) is 0 Å². The van der Waals surface area contributed by atoms with Gasteiger partial charge in [0.1, 0.15) is 11.3 Å². The van der Waals surface area contributed by atoms with Crippen molar-refractivity contribution in [2.24, 2.45) is 11.8 Å². The summed E-state index contributed by atoms with van der Waals surface area (Å²) in [7, 11) is 1.51. The number of benzene rings is 2. The van der Waals surface area contributed by atoms with Gasteiger partial charge in [-0.1, -0.05) is 46.3 Å². The lowest BCUT2D eigenvalue weighted by Gasteiger charge is -2.30. The molecule has 0 unspecified atom stereocenters. The Labute approximate surface area is 188 Å². The van der Waals surface area contributed by atoms with Gasteiger partial charge in [0.2, 0.25) is 11.8 Å². The summed E-state index contributed by atoms with van der Waals surface area (Å²) in [6.45, 7) is 2.34. The number of ether oxygens (including phenoxy) is 1. The number of nitrogens with one attached hydrogen (secondary N) is 1. The number of rotatable bonds is 4. The molecule has 2 aromatic carbocycles. The first-order chi connectivity index (χ1) is 15.0. The van der Waals surface area contributed by atoms with E-state index in [1.165, 1.54) is 12.0 Å². The van der Waals surface area contributed by atoms with Gasteiger partial charge in [-0.3, -0.25) is 19.7 Å². The number of alkyl halides is 1. The normalized spacial score (nSPS) is 29.1. The number of fused-ring (bicyclic) bond motifs is 4. The molecule has 0 aliphatic carbocycles. The van der Waals surface area contributed by atoms with Crippen molar-refractivity contribution in [3.8, 4) is 5.75 Å². The van der Waals surface area contributed by atoms with Crippen molar-refractivity contribution in [2.75, 3.05) is 28.8 Å². The second-order valence-corrected chi connectivity index (χ2v) is 8.88. The highest BCUT2D eigenvalue weighted by atomic mass is 79.9. The third kappa shape index (κ3) is 2.52. The number of methoxy groups -OCH3 is 1. The van der Waals surface area contributed by atoms with Gasteiger partial charge in [-0.2, -0.15) is 0 Å². The Morgan fingerprint density at radius 2 is 1.71 bits per heavy atom. The fourth-order valence-electron chi connectivity index (χ4n) is 5.47. The molecule has 2 aromatic rings. The highest BCUT2D eigenvalue weighted by Gasteiger charge is 2.71. The zero-order valence-corrected chi connectivity index (χ0v) is 18.8. The molecule has 160 valence electrons. The number of para-hydroxylation sites is 3. The van der Waals surface area contributed by atoms with Gasteiger partial charge < -0.3 is 9.64 Å². The number of carbonyl (C=O) groups excluding carboxylic acids is 3. The topological polar surface area (TPSA) is 79.0 Å². The molecular weight excluding hydrogens is 462 g/mol. The van der Waals surface area contributed by atoms with Crippen LogP contribution in [0, 0.1) is 11.8 Å². The molecule has 31 heavy (non-hydrogen) atoms. The van der Waals surface area contributed by atoms with Gasteiger partial charge in [0.15, 0.2) is 0 Å². The van der Waals surface area contributed by atoms with Crippen LogP contribution in [0.25, 0.3) is 0 Å². The number of anilines is 2. The van der Waals surface area contributed by atoms with E-state index in [9.17, 15) is 14.4 Å². The van der Waals surface area contributed by atoms with E-state index in [1.807, 2.05) is 31.2 Å². The molecule has 3 aliphatic heterocycles. The number of hydrogen-bond acceptors (Lipinski definition) is 5.